The van der Waals surface area contributed by atoms with E-state index < -0.39 is 0 Å². The first-order valence-electron chi connectivity index (χ1n) is 4.38. The van der Waals surface area contributed by atoms with Crippen LogP contribution in [0.15, 0.2) is 0 Å². The highest BCUT2D eigenvalue weighted by molar-refractivity contribution is 5.54. The van der Waals surface area contributed by atoms with Crippen molar-refractivity contribution in [3.63, 3.8) is 0 Å². The van der Waals surface area contributed by atoms with Crippen LogP contribution in [0.4, 0.5) is 0 Å². The Morgan fingerprint density at radius 1 is 1.09 bits per heavy atom. The van der Waals surface area contributed by atoms with Gasteiger partial charge in [0.2, 0.25) is 6.29 Å². The summed E-state index contributed by atoms with van der Waals surface area (Å²) in [6, 6.07) is 0. The van der Waals surface area contributed by atoms with Gasteiger partial charge in [-0.1, -0.05) is 12.8 Å². The van der Waals surface area contributed by atoms with Crippen LogP contribution >= 0.6 is 0 Å². The van der Waals surface area contributed by atoms with Crippen molar-refractivity contribution in [2.75, 3.05) is 0 Å². The van der Waals surface area contributed by atoms with E-state index in [0.717, 1.165) is 38.5 Å². The van der Waals surface area contributed by atoms with E-state index in [2.05, 4.69) is 0 Å². The molecule has 0 aromatic carbocycles. The summed E-state index contributed by atoms with van der Waals surface area (Å²) >= 11 is 0. The van der Waals surface area contributed by atoms with Crippen LogP contribution in [0, 0.1) is 5.92 Å². The summed E-state index contributed by atoms with van der Waals surface area (Å²) in [5.74, 6) is 0.0879. The maximum absolute atomic E-state index is 10.3. The summed E-state index contributed by atoms with van der Waals surface area (Å²) in [5, 5.41) is 9.30. The van der Waals surface area contributed by atoms with Crippen LogP contribution in [0.3, 0.4) is 0 Å². The van der Waals surface area contributed by atoms with Gasteiger partial charge in [0.25, 0.3) is 0 Å². The zero-order valence-corrected chi connectivity index (χ0v) is 6.75. The second-order valence-corrected chi connectivity index (χ2v) is 3.33. The minimum atomic E-state index is -0.175. The molecular weight excluding hydrogens is 140 g/mol. The highest BCUT2D eigenvalue weighted by Gasteiger charge is 2.14. The predicted octanol–water partition coefficient (Wildman–Crippen LogP) is 1.43. The number of carbonyl (C=O) groups excluding carboxylic acids is 1. The molecule has 2 nitrogen and oxygen atoms in total. The molecule has 0 amide bonds. The molecular formula is C9H15O2. The molecule has 0 spiro atoms. The molecule has 0 heterocycles. The Kier molecular flexibility index (Phi) is 3.57. The monoisotopic (exact) mass is 155 g/mol. The van der Waals surface area contributed by atoms with Crippen molar-refractivity contribution in [3.05, 3.63) is 0 Å². The highest BCUT2D eigenvalue weighted by atomic mass is 16.3. The molecule has 1 N–H and O–H groups in total. The molecule has 0 aliphatic heterocycles. The van der Waals surface area contributed by atoms with Crippen LogP contribution in [0.5, 0.6) is 0 Å². The molecule has 2 unspecified atom stereocenters. The molecule has 1 radical (unpaired) electrons. The van der Waals surface area contributed by atoms with E-state index in [1.807, 2.05) is 6.29 Å². The van der Waals surface area contributed by atoms with Crippen molar-refractivity contribution in [1.82, 2.24) is 0 Å². The molecule has 2 atom stereocenters. The maximum Gasteiger partial charge on any atom is 0.201 e. The van der Waals surface area contributed by atoms with Crippen molar-refractivity contribution in [1.29, 1.82) is 0 Å². The Morgan fingerprint density at radius 3 is 2.55 bits per heavy atom. The van der Waals surface area contributed by atoms with Crippen LogP contribution in [0.2, 0.25) is 0 Å². The van der Waals surface area contributed by atoms with Crippen molar-refractivity contribution in [2.24, 2.45) is 5.92 Å². The molecule has 1 aliphatic carbocycles. The molecule has 0 aromatic heterocycles. The van der Waals surface area contributed by atoms with Gasteiger partial charge in [0.1, 0.15) is 0 Å². The third-order valence-corrected chi connectivity index (χ3v) is 2.35. The molecule has 2 heteroatoms. The lowest BCUT2D eigenvalue weighted by Crippen LogP contribution is -2.14. The van der Waals surface area contributed by atoms with Crippen LogP contribution in [0.1, 0.15) is 38.5 Å². The van der Waals surface area contributed by atoms with Gasteiger partial charge in [0, 0.05) is 5.92 Å². The third kappa shape index (κ3) is 3.02. The highest BCUT2D eigenvalue weighted by Crippen LogP contribution is 2.20. The van der Waals surface area contributed by atoms with E-state index in [1.54, 1.807) is 0 Å². The smallest absolute Gasteiger partial charge is 0.201 e. The van der Waals surface area contributed by atoms with Gasteiger partial charge in [0.15, 0.2) is 0 Å². The molecule has 0 bridgehead atoms. The molecule has 1 saturated carbocycles. The second-order valence-electron chi connectivity index (χ2n) is 3.33. The van der Waals surface area contributed by atoms with E-state index in [4.69, 9.17) is 0 Å². The summed E-state index contributed by atoms with van der Waals surface area (Å²) < 4.78 is 0. The van der Waals surface area contributed by atoms with Gasteiger partial charge < -0.3 is 5.11 Å². The summed E-state index contributed by atoms with van der Waals surface area (Å²) in [5.41, 5.74) is 0. The minimum absolute atomic E-state index is 0.0879. The summed E-state index contributed by atoms with van der Waals surface area (Å²) in [4.78, 5) is 10.3. The molecule has 1 rings (SSSR count). The second kappa shape index (κ2) is 4.50. The van der Waals surface area contributed by atoms with Crippen LogP contribution in [0.25, 0.3) is 0 Å². The average molecular weight is 155 g/mol. The predicted molar refractivity (Wildman–Crippen MR) is 42.9 cm³/mol. The van der Waals surface area contributed by atoms with E-state index in [9.17, 15) is 9.90 Å². The van der Waals surface area contributed by atoms with Crippen molar-refractivity contribution in [3.8, 4) is 0 Å². The molecule has 0 saturated heterocycles. The van der Waals surface area contributed by atoms with Gasteiger partial charge >= 0.3 is 0 Å². The molecule has 63 valence electrons. The Labute approximate surface area is 67.6 Å². The Hall–Kier alpha value is -0.370. The van der Waals surface area contributed by atoms with Gasteiger partial charge in [-0.2, -0.15) is 0 Å². The number of aliphatic hydroxyl groups is 1. The standard InChI is InChI=1S/C9H15O2/c10-7-8-3-1-2-4-9(11)6-5-8/h8-9,11H,1-6H2. The summed E-state index contributed by atoms with van der Waals surface area (Å²) in [6.07, 6.45) is 7.46. The van der Waals surface area contributed by atoms with Crippen molar-refractivity contribution < 1.29 is 9.90 Å². The Morgan fingerprint density at radius 2 is 1.82 bits per heavy atom. The average Bonchev–Trinajstić information content (AvgIpc) is 1.98. The minimum Gasteiger partial charge on any atom is -0.393 e. The lowest BCUT2D eigenvalue weighted by Gasteiger charge is -2.17. The van der Waals surface area contributed by atoms with E-state index >= 15 is 0 Å². The fourth-order valence-electron chi connectivity index (χ4n) is 1.57. The molecule has 1 fully saturated rings. The van der Waals surface area contributed by atoms with E-state index in [0.29, 0.717) is 0 Å². The topological polar surface area (TPSA) is 37.3 Å². The fourth-order valence-corrected chi connectivity index (χ4v) is 1.57. The van der Waals surface area contributed by atoms with Crippen LogP contribution in [-0.2, 0) is 4.79 Å². The molecule has 0 aromatic rings. The third-order valence-electron chi connectivity index (χ3n) is 2.35. The normalized spacial score (nSPS) is 33.9. The Balaban J connectivity index is 2.31. The van der Waals surface area contributed by atoms with E-state index in [-0.39, 0.29) is 12.0 Å². The largest absolute Gasteiger partial charge is 0.393 e. The number of aliphatic hydroxyl groups excluding tert-OH is 1. The first kappa shape index (κ1) is 8.72. The zero-order chi connectivity index (χ0) is 8.10. The molecule has 11 heavy (non-hydrogen) atoms. The van der Waals surface area contributed by atoms with Crippen molar-refractivity contribution >= 4 is 6.29 Å². The van der Waals surface area contributed by atoms with Gasteiger partial charge in [0.05, 0.1) is 6.10 Å². The summed E-state index contributed by atoms with van der Waals surface area (Å²) in [7, 11) is 0. The lowest BCUT2D eigenvalue weighted by atomic mass is 9.91. The van der Waals surface area contributed by atoms with Gasteiger partial charge in [-0.25, -0.2) is 0 Å². The van der Waals surface area contributed by atoms with E-state index in [1.165, 1.54) is 0 Å². The van der Waals surface area contributed by atoms with Crippen molar-refractivity contribution in [2.45, 2.75) is 44.6 Å². The number of rotatable bonds is 1. The zero-order valence-electron chi connectivity index (χ0n) is 6.75. The van der Waals surface area contributed by atoms with Crippen LogP contribution in [-0.4, -0.2) is 17.5 Å². The fraction of sp³-hybridized carbons (Fsp3) is 0.889. The first-order valence-corrected chi connectivity index (χ1v) is 4.38. The Bertz CT molecular complexity index is 123. The van der Waals surface area contributed by atoms with Gasteiger partial charge in [-0.3, -0.25) is 4.79 Å². The summed E-state index contributed by atoms with van der Waals surface area (Å²) in [6.45, 7) is 0. The quantitative estimate of drug-likeness (QED) is 0.622. The van der Waals surface area contributed by atoms with Crippen LogP contribution < -0.4 is 0 Å². The SMILES string of the molecule is O=[C]C1CCCCC(O)CC1. The lowest BCUT2D eigenvalue weighted by molar-refractivity contribution is 0.137. The number of hydrogen-bond acceptors (Lipinski definition) is 2. The van der Waals surface area contributed by atoms with Gasteiger partial charge in [-0.05, 0) is 25.7 Å². The first-order chi connectivity index (χ1) is 5.33. The van der Waals surface area contributed by atoms with Gasteiger partial charge in [-0.15, -0.1) is 0 Å². The molecule has 1 aliphatic rings. The maximum atomic E-state index is 10.3. The number of hydrogen-bond donors (Lipinski definition) is 1.